The van der Waals surface area contributed by atoms with Gasteiger partial charge in [-0.15, -0.1) is 0 Å². The molecule has 0 saturated carbocycles. The van der Waals surface area contributed by atoms with E-state index in [2.05, 4.69) is 11.4 Å². The fourth-order valence-electron chi connectivity index (χ4n) is 3.20. The lowest BCUT2D eigenvalue weighted by molar-refractivity contribution is -0.122. The van der Waals surface area contributed by atoms with Crippen LogP contribution in [0, 0.1) is 5.92 Å². The normalized spacial score (nSPS) is 12.9. The monoisotopic (exact) mass is 453 g/mol. The Kier molecular flexibility index (Phi) is 19.8. The van der Waals surface area contributed by atoms with Crippen LogP contribution in [0.1, 0.15) is 103 Å². The molecule has 1 unspecified atom stereocenters. The molecule has 29 heavy (non-hydrogen) atoms. The fourth-order valence-corrected chi connectivity index (χ4v) is 4.69. The molecule has 0 saturated heterocycles. The van der Waals surface area contributed by atoms with E-state index in [1.54, 1.807) is 11.8 Å². The first-order valence-corrected chi connectivity index (χ1v) is 14.1. The molecule has 0 aromatic carbocycles. The van der Waals surface area contributed by atoms with Crippen LogP contribution in [-0.2, 0) is 13.9 Å². The first kappa shape index (κ1) is 28.9. The van der Waals surface area contributed by atoms with Gasteiger partial charge in [0, 0.05) is 5.75 Å². The lowest BCUT2D eigenvalue weighted by Gasteiger charge is -2.13. The van der Waals surface area contributed by atoms with Crippen LogP contribution in [0.4, 0.5) is 0 Å². The fraction of sp³-hybridized carbons (Fsp3) is 0.952. The number of phosphoric ester groups is 1. The van der Waals surface area contributed by atoms with Crippen LogP contribution in [0.3, 0.4) is 0 Å². The Bertz CT molecular complexity index is 433. The Hall–Kier alpha value is -0.0700. The molecule has 0 bridgehead atoms. The number of unbranched alkanes of at least 4 members (excludes halogenated alkanes) is 14. The minimum Gasteiger partial charge on any atom is -0.369 e. The zero-order valence-corrected chi connectivity index (χ0v) is 20.1. The topological polar surface area (TPSA) is 110 Å². The maximum absolute atomic E-state index is 11.3. The van der Waals surface area contributed by atoms with Gasteiger partial charge in [0.25, 0.3) is 0 Å². The second kappa shape index (κ2) is 19.9. The summed E-state index contributed by atoms with van der Waals surface area (Å²) in [5.74, 6) is 0.123. The molecule has 1 amide bonds. The molecule has 0 aliphatic carbocycles. The van der Waals surface area contributed by atoms with Crippen LogP contribution in [0.15, 0.2) is 0 Å². The summed E-state index contributed by atoms with van der Waals surface area (Å²) in [6.45, 7) is 1.93. The zero-order chi connectivity index (χ0) is 21.8. The maximum Gasteiger partial charge on any atom is 0.469 e. The Labute approximate surface area is 182 Å². The van der Waals surface area contributed by atoms with E-state index in [0.29, 0.717) is 5.75 Å². The van der Waals surface area contributed by atoms with Crippen LogP contribution in [-0.4, -0.2) is 33.8 Å². The second-order valence-corrected chi connectivity index (χ2v) is 10.3. The number of rotatable bonds is 22. The molecule has 0 radical (unpaired) electrons. The van der Waals surface area contributed by atoms with Crippen molar-refractivity contribution in [1.29, 1.82) is 0 Å². The predicted molar refractivity (Wildman–Crippen MR) is 123 cm³/mol. The summed E-state index contributed by atoms with van der Waals surface area (Å²) in [4.78, 5) is 28.7. The van der Waals surface area contributed by atoms with Gasteiger partial charge in [-0.2, -0.15) is 11.8 Å². The molecule has 6 nitrogen and oxygen atoms in total. The number of amides is 1. The Morgan fingerprint density at radius 3 is 1.66 bits per heavy atom. The van der Waals surface area contributed by atoms with Gasteiger partial charge in [0.2, 0.25) is 5.91 Å². The number of hydrogen-bond acceptors (Lipinski definition) is 4. The van der Waals surface area contributed by atoms with Gasteiger partial charge in [0.05, 0.1) is 12.5 Å². The maximum atomic E-state index is 11.3. The number of carbonyl (C=O) groups excluding carboxylic acids is 1. The van der Waals surface area contributed by atoms with Crippen LogP contribution in [0.2, 0.25) is 0 Å². The van der Waals surface area contributed by atoms with Gasteiger partial charge in [-0.05, 0) is 12.2 Å². The van der Waals surface area contributed by atoms with Crippen molar-refractivity contribution in [1.82, 2.24) is 0 Å². The lowest BCUT2D eigenvalue weighted by atomic mass is 10.0. The molecular weight excluding hydrogens is 409 g/mol. The van der Waals surface area contributed by atoms with Crippen LogP contribution >= 0.6 is 19.6 Å². The van der Waals surface area contributed by atoms with E-state index in [0.717, 1.165) is 12.2 Å². The van der Waals surface area contributed by atoms with Gasteiger partial charge in [-0.25, -0.2) is 4.57 Å². The SMILES string of the molecule is CCCCCCCCCCCCCCCCCSCC(COP(=O)(O)O)C(N)=O. The minimum absolute atomic E-state index is 0.328. The van der Waals surface area contributed by atoms with Gasteiger partial charge >= 0.3 is 7.82 Å². The average Bonchev–Trinajstić information content (AvgIpc) is 2.65. The van der Waals surface area contributed by atoms with Crippen molar-refractivity contribution in [2.45, 2.75) is 103 Å². The molecule has 0 rings (SSSR count). The largest absolute Gasteiger partial charge is 0.469 e. The number of thioether (sulfide) groups is 1. The van der Waals surface area contributed by atoms with E-state index in [4.69, 9.17) is 15.5 Å². The summed E-state index contributed by atoms with van der Waals surface area (Å²) < 4.78 is 15.1. The molecule has 0 aliphatic heterocycles. The van der Waals surface area contributed by atoms with E-state index in [1.807, 2.05) is 0 Å². The van der Waals surface area contributed by atoms with Crippen molar-refractivity contribution in [3.63, 3.8) is 0 Å². The summed E-state index contributed by atoms with van der Waals surface area (Å²) in [5.41, 5.74) is 5.25. The third-order valence-corrected chi connectivity index (χ3v) is 6.76. The van der Waals surface area contributed by atoms with Crippen LogP contribution in [0.5, 0.6) is 0 Å². The summed E-state index contributed by atoms with van der Waals surface area (Å²) in [6.07, 6.45) is 20.0. The molecule has 8 heteroatoms. The van der Waals surface area contributed by atoms with Crippen molar-refractivity contribution >= 4 is 25.5 Å². The van der Waals surface area contributed by atoms with Gasteiger partial charge in [-0.1, -0.05) is 96.8 Å². The first-order valence-electron chi connectivity index (χ1n) is 11.4. The van der Waals surface area contributed by atoms with Gasteiger partial charge in [0.1, 0.15) is 0 Å². The van der Waals surface area contributed by atoms with E-state index in [1.165, 1.54) is 89.9 Å². The van der Waals surface area contributed by atoms with E-state index >= 15 is 0 Å². The molecular formula is C21H44NO5PS. The number of carbonyl (C=O) groups is 1. The van der Waals surface area contributed by atoms with Crippen LogP contribution < -0.4 is 5.73 Å². The highest BCUT2D eigenvalue weighted by atomic mass is 32.2. The van der Waals surface area contributed by atoms with Crippen molar-refractivity contribution in [2.75, 3.05) is 18.1 Å². The summed E-state index contributed by atoms with van der Waals surface area (Å²) in [5, 5.41) is 0. The summed E-state index contributed by atoms with van der Waals surface area (Å²) >= 11 is 1.59. The van der Waals surface area contributed by atoms with Crippen molar-refractivity contribution < 1.29 is 23.7 Å². The van der Waals surface area contributed by atoms with Crippen molar-refractivity contribution in [3.05, 3.63) is 0 Å². The quantitative estimate of drug-likeness (QED) is 0.141. The van der Waals surface area contributed by atoms with Crippen molar-refractivity contribution in [3.8, 4) is 0 Å². The van der Waals surface area contributed by atoms with Gasteiger partial charge in [-0.3, -0.25) is 9.32 Å². The lowest BCUT2D eigenvalue weighted by Crippen LogP contribution is -2.29. The Balaban J connectivity index is 3.36. The van der Waals surface area contributed by atoms with Crippen LogP contribution in [0.25, 0.3) is 0 Å². The number of nitrogens with two attached hydrogens (primary N) is 1. The Morgan fingerprint density at radius 1 is 0.862 bits per heavy atom. The molecule has 0 aliphatic rings. The highest BCUT2D eigenvalue weighted by Gasteiger charge is 2.21. The molecule has 0 aromatic heterocycles. The number of primary amides is 1. The number of phosphoric acid groups is 1. The molecule has 0 aromatic rings. The average molecular weight is 454 g/mol. The highest BCUT2D eigenvalue weighted by molar-refractivity contribution is 7.99. The summed E-state index contributed by atoms with van der Waals surface area (Å²) in [7, 11) is -4.55. The molecule has 0 fully saturated rings. The van der Waals surface area contributed by atoms with E-state index in [9.17, 15) is 9.36 Å². The van der Waals surface area contributed by atoms with Gasteiger partial charge in [0.15, 0.2) is 0 Å². The molecule has 0 spiro atoms. The van der Waals surface area contributed by atoms with E-state index < -0.39 is 19.6 Å². The smallest absolute Gasteiger partial charge is 0.369 e. The Morgan fingerprint density at radius 2 is 1.28 bits per heavy atom. The molecule has 4 N–H and O–H groups in total. The number of hydrogen-bond donors (Lipinski definition) is 3. The standard InChI is InChI=1S/C21H44NO5PS/c1-2-3-4-5-6-7-8-9-10-11-12-13-14-15-16-17-29-19-20(21(22)23)18-27-28(24,25)26/h20H,2-19H2,1H3,(H2,22,23)(H2,24,25,26). The first-order chi connectivity index (χ1) is 13.9. The second-order valence-electron chi connectivity index (χ2n) is 7.91. The zero-order valence-electron chi connectivity index (χ0n) is 18.4. The van der Waals surface area contributed by atoms with Crippen molar-refractivity contribution in [2.24, 2.45) is 11.7 Å². The highest BCUT2D eigenvalue weighted by Crippen LogP contribution is 2.36. The molecule has 1 atom stereocenters. The van der Waals surface area contributed by atoms with Gasteiger partial charge < -0.3 is 15.5 Å². The molecule has 0 heterocycles. The summed E-state index contributed by atoms with van der Waals surface area (Å²) in [6, 6.07) is 0. The predicted octanol–water partition coefficient (Wildman–Crippen LogP) is 5.80. The third kappa shape index (κ3) is 22.4. The third-order valence-electron chi connectivity index (χ3n) is 5.06. The van der Waals surface area contributed by atoms with E-state index in [-0.39, 0.29) is 6.61 Å². The molecule has 174 valence electrons. The minimum atomic E-state index is -4.55.